The van der Waals surface area contributed by atoms with Crippen molar-refractivity contribution >= 4 is 17.3 Å². The predicted octanol–water partition coefficient (Wildman–Crippen LogP) is 2.88. The summed E-state index contributed by atoms with van der Waals surface area (Å²) < 4.78 is 7.66. The lowest BCUT2D eigenvalue weighted by Gasteiger charge is -2.32. The van der Waals surface area contributed by atoms with Crippen molar-refractivity contribution in [3.8, 4) is 11.4 Å². The largest absolute Gasteiger partial charge is 0.508 e. The SMILES string of the molecule is Oc1ccc(-n2cccc2C2C(c3ccccn3)NC(=S)N2CCN2CCOCC2)cc1. The molecule has 2 fully saturated rings. The number of hydrogen-bond donors (Lipinski definition) is 2. The first kappa shape index (κ1) is 20.9. The van der Waals surface area contributed by atoms with Gasteiger partial charge in [-0.25, -0.2) is 0 Å². The lowest BCUT2D eigenvalue weighted by atomic mass is 10.0. The van der Waals surface area contributed by atoms with Gasteiger partial charge < -0.3 is 24.6 Å². The van der Waals surface area contributed by atoms with E-state index in [0.29, 0.717) is 0 Å². The third kappa shape index (κ3) is 4.21. The van der Waals surface area contributed by atoms with Gasteiger partial charge in [-0.1, -0.05) is 6.07 Å². The van der Waals surface area contributed by atoms with Gasteiger partial charge in [-0.2, -0.15) is 0 Å². The number of rotatable bonds is 6. The highest BCUT2D eigenvalue weighted by Gasteiger charge is 2.41. The quantitative estimate of drug-likeness (QED) is 0.561. The summed E-state index contributed by atoms with van der Waals surface area (Å²) in [6.45, 7) is 5.22. The van der Waals surface area contributed by atoms with Crippen LogP contribution >= 0.6 is 12.2 Å². The van der Waals surface area contributed by atoms with Gasteiger partial charge in [0.1, 0.15) is 5.75 Å². The van der Waals surface area contributed by atoms with Crippen LogP contribution in [0.25, 0.3) is 5.69 Å². The molecule has 8 heteroatoms. The number of pyridine rings is 1. The summed E-state index contributed by atoms with van der Waals surface area (Å²) in [5, 5.41) is 14.0. The van der Waals surface area contributed by atoms with E-state index >= 15 is 0 Å². The zero-order valence-corrected chi connectivity index (χ0v) is 18.6. The van der Waals surface area contributed by atoms with Gasteiger partial charge in [0.2, 0.25) is 0 Å². The molecule has 0 aliphatic carbocycles. The van der Waals surface area contributed by atoms with Crippen LogP contribution in [0.2, 0.25) is 0 Å². The Morgan fingerprint density at radius 1 is 1.03 bits per heavy atom. The predicted molar refractivity (Wildman–Crippen MR) is 127 cm³/mol. The molecule has 1 aromatic carbocycles. The molecule has 0 saturated carbocycles. The molecule has 0 radical (unpaired) electrons. The molecule has 2 atom stereocenters. The first-order chi connectivity index (χ1) is 15.7. The van der Waals surface area contributed by atoms with Crippen molar-refractivity contribution in [2.75, 3.05) is 39.4 Å². The highest BCUT2D eigenvalue weighted by atomic mass is 32.1. The van der Waals surface area contributed by atoms with E-state index in [1.165, 1.54) is 0 Å². The lowest BCUT2D eigenvalue weighted by Crippen LogP contribution is -2.42. The second-order valence-electron chi connectivity index (χ2n) is 8.09. The summed E-state index contributed by atoms with van der Waals surface area (Å²) in [6, 6.07) is 17.4. The molecule has 2 aliphatic rings. The van der Waals surface area contributed by atoms with Crippen LogP contribution in [0.3, 0.4) is 0 Å². The summed E-state index contributed by atoms with van der Waals surface area (Å²) in [6.07, 6.45) is 3.88. The number of phenols is 1. The minimum Gasteiger partial charge on any atom is -0.508 e. The first-order valence-electron chi connectivity index (χ1n) is 11.0. The number of nitrogens with zero attached hydrogens (tertiary/aromatic N) is 4. The smallest absolute Gasteiger partial charge is 0.170 e. The van der Waals surface area contributed by atoms with Gasteiger partial charge in [0.05, 0.1) is 31.0 Å². The molecule has 4 heterocycles. The van der Waals surface area contributed by atoms with Gasteiger partial charge in [0.25, 0.3) is 0 Å². The van der Waals surface area contributed by atoms with E-state index in [-0.39, 0.29) is 17.8 Å². The number of phenolic OH excluding ortho intramolecular Hbond substituents is 1. The van der Waals surface area contributed by atoms with Crippen molar-refractivity contribution in [1.29, 1.82) is 0 Å². The van der Waals surface area contributed by atoms with E-state index in [2.05, 4.69) is 43.0 Å². The maximum absolute atomic E-state index is 9.73. The van der Waals surface area contributed by atoms with Crippen LogP contribution in [0, 0.1) is 0 Å². The summed E-state index contributed by atoms with van der Waals surface area (Å²) >= 11 is 5.81. The molecule has 0 bridgehead atoms. The summed E-state index contributed by atoms with van der Waals surface area (Å²) in [5.41, 5.74) is 3.08. The van der Waals surface area contributed by atoms with Gasteiger partial charge in [-0.05, 0) is 60.7 Å². The zero-order chi connectivity index (χ0) is 21.9. The van der Waals surface area contributed by atoms with Crippen molar-refractivity contribution in [3.05, 3.63) is 78.4 Å². The molecule has 2 unspecified atom stereocenters. The maximum atomic E-state index is 9.73. The minimum absolute atomic E-state index is 0.0118. The highest BCUT2D eigenvalue weighted by molar-refractivity contribution is 7.80. The Morgan fingerprint density at radius 3 is 2.59 bits per heavy atom. The summed E-state index contributed by atoms with van der Waals surface area (Å²) in [5.74, 6) is 0.254. The maximum Gasteiger partial charge on any atom is 0.170 e. The molecular weight excluding hydrogens is 422 g/mol. The van der Waals surface area contributed by atoms with Crippen LogP contribution in [0.5, 0.6) is 5.75 Å². The van der Waals surface area contributed by atoms with Gasteiger partial charge in [-0.3, -0.25) is 9.88 Å². The van der Waals surface area contributed by atoms with E-state index in [1.54, 1.807) is 12.1 Å². The fourth-order valence-corrected chi connectivity index (χ4v) is 4.86. The molecule has 5 rings (SSSR count). The van der Waals surface area contributed by atoms with Crippen molar-refractivity contribution in [1.82, 2.24) is 24.7 Å². The Hall–Kier alpha value is -2.94. The fraction of sp³-hybridized carbons (Fsp3) is 0.333. The third-order valence-electron chi connectivity index (χ3n) is 6.17. The number of aromatic nitrogens is 2. The van der Waals surface area contributed by atoms with E-state index in [4.69, 9.17) is 17.0 Å². The standard InChI is InChI=1S/C24H27N5O2S/c30-19-8-6-18(7-9-19)28-11-3-5-21(28)23-22(20-4-1-2-10-25-20)26-24(32)29(23)13-12-27-14-16-31-17-15-27/h1-11,22-23,30H,12-17H2,(H,26,32). The van der Waals surface area contributed by atoms with Crippen molar-refractivity contribution < 1.29 is 9.84 Å². The number of benzene rings is 1. The normalized spacial score (nSPS) is 21.6. The second kappa shape index (κ2) is 9.28. The number of ether oxygens (including phenoxy) is 1. The van der Waals surface area contributed by atoms with Gasteiger partial charge in [-0.15, -0.1) is 0 Å². The van der Waals surface area contributed by atoms with E-state index < -0.39 is 0 Å². The van der Waals surface area contributed by atoms with Crippen molar-refractivity contribution in [3.63, 3.8) is 0 Å². The second-order valence-corrected chi connectivity index (χ2v) is 8.48. The topological polar surface area (TPSA) is 65.8 Å². The van der Waals surface area contributed by atoms with Gasteiger partial charge >= 0.3 is 0 Å². The molecule has 2 aromatic heterocycles. The molecule has 7 nitrogen and oxygen atoms in total. The van der Waals surface area contributed by atoms with Crippen LogP contribution in [-0.4, -0.2) is 69.0 Å². The average molecular weight is 450 g/mol. The van der Waals surface area contributed by atoms with Crippen molar-refractivity contribution in [2.24, 2.45) is 0 Å². The number of hydrogen-bond acceptors (Lipinski definition) is 5. The fourth-order valence-electron chi connectivity index (χ4n) is 4.53. The van der Waals surface area contributed by atoms with E-state index in [1.807, 2.05) is 36.5 Å². The number of morpholine rings is 1. The van der Waals surface area contributed by atoms with E-state index in [0.717, 1.165) is 61.6 Å². The first-order valence-corrected chi connectivity index (χ1v) is 11.4. The average Bonchev–Trinajstić information content (AvgIpc) is 3.43. The Morgan fingerprint density at radius 2 is 1.84 bits per heavy atom. The summed E-state index contributed by atoms with van der Waals surface area (Å²) in [4.78, 5) is 9.35. The lowest BCUT2D eigenvalue weighted by molar-refractivity contribution is 0.0349. The minimum atomic E-state index is -0.0563. The Bertz CT molecular complexity index is 1050. The molecule has 0 spiro atoms. The molecule has 32 heavy (non-hydrogen) atoms. The molecule has 2 saturated heterocycles. The number of nitrogens with one attached hydrogen (secondary N) is 1. The number of aromatic hydroxyl groups is 1. The Labute approximate surface area is 193 Å². The van der Waals surface area contributed by atoms with E-state index in [9.17, 15) is 5.11 Å². The molecular formula is C24H27N5O2S. The Balaban J connectivity index is 1.49. The van der Waals surface area contributed by atoms with Crippen LogP contribution < -0.4 is 5.32 Å². The summed E-state index contributed by atoms with van der Waals surface area (Å²) in [7, 11) is 0. The molecule has 2 aliphatic heterocycles. The van der Waals surface area contributed by atoms with Crippen LogP contribution in [-0.2, 0) is 4.74 Å². The monoisotopic (exact) mass is 449 g/mol. The molecule has 166 valence electrons. The van der Waals surface area contributed by atoms with Crippen LogP contribution in [0.15, 0.2) is 67.0 Å². The van der Waals surface area contributed by atoms with Gasteiger partial charge in [0.15, 0.2) is 5.11 Å². The highest BCUT2D eigenvalue weighted by Crippen LogP contribution is 2.39. The Kier molecular flexibility index (Phi) is 6.07. The van der Waals surface area contributed by atoms with Gasteiger partial charge in [0, 0.05) is 50.0 Å². The molecule has 2 N–H and O–H groups in total. The number of thiocarbonyl (C=S) groups is 1. The molecule has 3 aromatic rings. The zero-order valence-electron chi connectivity index (χ0n) is 17.8. The third-order valence-corrected chi connectivity index (χ3v) is 6.52. The van der Waals surface area contributed by atoms with Crippen LogP contribution in [0.1, 0.15) is 23.5 Å². The molecule has 0 amide bonds. The van der Waals surface area contributed by atoms with Crippen LogP contribution in [0.4, 0.5) is 0 Å². The van der Waals surface area contributed by atoms with Crippen molar-refractivity contribution in [2.45, 2.75) is 12.1 Å².